The zero-order valence-electron chi connectivity index (χ0n) is 14.3. The van der Waals surface area contributed by atoms with Crippen LogP contribution in [0.1, 0.15) is 25.3 Å². The predicted molar refractivity (Wildman–Crippen MR) is 78.5 cm³/mol. The number of hydrogen-bond acceptors (Lipinski definition) is 4. The van der Waals surface area contributed by atoms with E-state index in [4.69, 9.17) is 9.47 Å². The number of carbonyl (C=O) groups is 1. The Morgan fingerprint density at radius 2 is 1.93 bits per heavy atom. The molecule has 0 saturated carbocycles. The van der Waals surface area contributed by atoms with E-state index < -0.39 is 59.6 Å². The fourth-order valence-corrected chi connectivity index (χ4v) is 3.22. The van der Waals surface area contributed by atoms with E-state index >= 15 is 0 Å². The van der Waals surface area contributed by atoms with Gasteiger partial charge in [-0.2, -0.15) is 26.3 Å². The van der Waals surface area contributed by atoms with Crippen molar-refractivity contribution < 1.29 is 50.5 Å². The maximum Gasteiger partial charge on any atom is 0.417 e. The van der Waals surface area contributed by atoms with Gasteiger partial charge in [-0.3, -0.25) is 0 Å². The molecule has 1 N–H and O–H groups in total. The Morgan fingerprint density at radius 3 is 2.37 bits per heavy atom. The number of hydrogen-bond donors (Lipinski definition) is 1. The highest BCUT2D eigenvalue weighted by Gasteiger charge is 2.66. The van der Waals surface area contributed by atoms with Crippen molar-refractivity contribution in [3.8, 4) is 11.5 Å². The van der Waals surface area contributed by atoms with Gasteiger partial charge < -0.3 is 19.3 Å². The van der Waals surface area contributed by atoms with Crippen molar-refractivity contribution in [3.63, 3.8) is 0 Å². The van der Waals surface area contributed by atoms with Crippen molar-refractivity contribution in [1.82, 2.24) is 0 Å². The Morgan fingerprint density at radius 1 is 1.33 bits per heavy atom. The minimum Gasteiger partial charge on any atom is -0.493 e. The normalized spacial score (nSPS) is 28.4. The number of aliphatic carboxylic acids is 1. The van der Waals surface area contributed by atoms with Crippen molar-refractivity contribution in [1.29, 1.82) is 0 Å². The smallest absolute Gasteiger partial charge is 0.417 e. The summed E-state index contributed by atoms with van der Waals surface area (Å²) < 4.78 is 93.2. The van der Waals surface area contributed by atoms with Crippen LogP contribution in [0.3, 0.4) is 0 Å². The van der Waals surface area contributed by atoms with Gasteiger partial charge in [0.2, 0.25) is 5.82 Å². The van der Waals surface area contributed by atoms with Crippen molar-refractivity contribution in [2.24, 2.45) is 5.92 Å². The van der Waals surface area contributed by atoms with Crippen LogP contribution in [0.2, 0.25) is 0 Å². The van der Waals surface area contributed by atoms with Gasteiger partial charge in [-0.25, -0.2) is 4.79 Å². The fraction of sp³-hybridized carbons (Fsp3) is 0.562. The number of rotatable bonds is 5. The van der Waals surface area contributed by atoms with E-state index in [0.717, 1.165) is 26.2 Å². The summed E-state index contributed by atoms with van der Waals surface area (Å²) in [6.07, 6.45) is -6.86. The van der Waals surface area contributed by atoms with Crippen molar-refractivity contribution in [2.45, 2.75) is 44.3 Å². The topological polar surface area (TPSA) is 65.0 Å². The molecule has 2 rings (SSSR count). The Labute approximate surface area is 149 Å². The van der Waals surface area contributed by atoms with Crippen molar-refractivity contribution >= 4 is 5.97 Å². The van der Waals surface area contributed by atoms with E-state index in [1.165, 1.54) is 0 Å². The largest absolute Gasteiger partial charge is 0.493 e. The van der Waals surface area contributed by atoms with Crippen molar-refractivity contribution in [2.75, 3.05) is 7.11 Å². The zero-order chi connectivity index (χ0) is 20.7. The first-order valence-electron chi connectivity index (χ1n) is 7.63. The number of carboxylic acids is 1. The summed E-state index contributed by atoms with van der Waals surface area (Å²) >= 11 is 0. The first kappa shape index (κ1) is 21.1. The van der Waals surface area contributed by atoms with Gasteiger partial charge in [0.25, 0.3) is 0 Å². The number of methoxy groups -OCH3 is 1. The SMILES string of the molecule is COc1c([C@H]2[C@H](C(=O)O)O[C@@](C)(C(F)(F)F)[C@H]2C)ccc(OC(F)F)c1F. The number of benzene rings is 1. The number of alkyl halides is 5. The van der Waals surface area contributed by atoms with Crippen LogP contribution in [0, 0.1) is 11.7 Å². The zero-order valence-corrected chi connectivity index (χ0v) is 14.3. The molecule has 1 fully saturated rings. The Bertz CT molecular complexity index is 722. The molecule has 152 valence electrons. The maximum atomic E-state index is 14.4. The molecule has 1 aliphatic heterocycles. The average molecular weight is 402 g/mol. The molecule has 1 heterocycles. The molecule has 0 bridgehead atoms. The third kappa shape index (κ3) is 3.52. The standard InChI is InChI=1S/C16H16F6O5/c1-6-9(12(13(23)24)27-15(6,2)16(20,21)22)7-4-5-8(26-14(18)19)10(17)11(7)25-3/h4-6,9,12,14H,1-3H3,(H,23,24)/t6-,9-,12+,15+/m0/s1. The lowest BCUT2D eigenvalue weighted by atomic mass is 9.77. The van der Waals surface area contributed by atoms with E-state index in [1.54, 1.807) is 0 Å². The first-order valence-corrected chi connectivity index (χ1v) is 7.63. The van der Waals surface area contributed by atoms with Crippen LogP contribution < -0.4 is 9.47 Å². The third-order valence-corrected chi connectivity index (χ3v) is 4.78. The summed E-state index contributed by atoms with van der Waals surface area (Å²) in [5.41, 5.74) is -3.08. The molecule has 0 unspecified atom stereocenters. The summed E-state index contributed by atoms with van der Waals surface area (Å²) in [6, 6.07) is 1.76. The lowest BCUT2D eigenvalue weighted by Gasteiger charge is -2.32. The van der Waals surface area contributed by atoms with Crippen LogP contribution in [-0.4, -0.2) is 42.7 Å². The molecule has 1 aliphatic rings. The van der Waals surface area contributed by atoms with Gasteiger partial charge >= 0.3 is 18.8 Å². The monoisotopic (exact) mass is 402 g/mol. The predicted octanol–water partition coefficient (Wildman–Crippen LogP) is 3.96. The van der Waals surface area contributed by atoms with Crippen LogP contribution >= 0.6 is 0 Å². The lowest BCUT2D eigenvalue weighted by Crippen LogP contribution is -2.47. The molecule has 0 spiro atoms. The molecule has 4 atom stereocenters. The Kier molecular flexibility index (Phi) is 5.56. The van der Waals surface area contributed by atoms with E-state index in [1.807, 2.05) is 0 Å². The minimum absolute atomic E-state index is 0.260. The molecule has 27 heavy (non-hydrogen) atoms. The molecule has 0 amide bonds. The van der Waals surface area contributed by atoms with Gasteiger partial charge in [0.1, 0.15) is 0 Å². The highest BCUT2D eigenvalue weighted by Crippen LogP contribution is 2.55. The molecule has 5 nitrogen and oxygen atoms in total. The van der Waals surface area contributed by atoms with Gasteiger partial charge in [-0.1, -0.05) is 13.0 Å². The van der Waals surface area contributed by atoms with Gasteiger partial charge in [0.05, 0.1) is 7.11 Å². The molecule has 0 aromatic heterocycles. The van der Waals surface area contributed by atoms with Crippen LogP contribution in [0.15, 0.2) is 12.1 Å². The van der Waals surface area contributed by atoms with Gasteiger partial charge in [0, 0.05) is 17.4 Å². The number of carboxylic acid groups (broad SMARTS) is 1. The Hall–Kier alpha value is -2.17. The van der Waals surface area contributed by atoms with Crippen LogP contribution in [-0.2, 0) is 9.53 Å². The fourth-order valence-electron chi connectivity index (χ4n) is 3.22. The average Bonchev–Trinajstić information content (AvgIpc) is 2.82. The molecular formula is C16H16F6O5. The van der Waals surface area contributed by atoms with Crippen LogP contribution in [0.25, 0.3) is 0 Å². The van der Waals surface area contributed by atoms with E-state index in [-0.39, 0.29) is 5.56 Å². The summed E-state index contributed by atoms with van der Waals surface area (Å²) in [7, 11) is 0.966. The van der Waals surface area contributed by atoms with E-state index in [2.05, 4.69) is 4.74 Å². The van der Waals surface area contributed by atoms with Crippen molar-refractivity contribution in [3.05, 3.63) is 23.5 Å². The van der Waals surface area contributed by atoms with Gasteiger partial charge in [-0.05, 0) is 13.0 Å². The van der Waals surface area contributed by atoms with E-state index in [0.29, 0.717) is 6.92 Å². The van der Waals surface area contributed by atoms with E-state index in [9.17, 15) is 36.2 Å². The minimum atomic E-state index is -4.90. The molecule has 11 heteroatoms. The Balaban J connectivity index is 2.60. The van der Waals surface area contributed by atoms with Gasteiger partial charge in [0.15, 0.2) is 23.2 Å². The molecule has 0 aliphatic carbocycles. The first-order chi connectivity index (χ1) is 12.3. The molecule has 1 aromatic rings. The summed E-state index contributed by atoms with van der Waals surface area (Å²) in [4.78, 5) is 11.5. The quantitative estimate of drug-likeness (QED) is 0.756. The summed E-state index contributed by atoms with van der Waals surface area (Å²) in [5, 5.41) is 9.32. The highest BCUT2D eigenvalue weighted by atomic mass is 19.4. The third-order valence-electron chi connectivity index (χ3n) is 4.78. The lowest BCUT2D eigenvalue weighted by molar-refractivity contribution is -0.273. The second-order valence-corrected chi connectivity index (χ2v) is 6.17. The second kappa shape index (κ2) is 7.10. The summed E-state index contributed by atoms with van der Waals surface area (Å²) in [6.45, 7) is -1.53. The van der Waals surface area contributed by atoms with Crippen LogP contribution in [0.4, 0.5) is 26.3 Å². The highest BCUT2D eigenvalue weighted by molar-refractivity contribution is 5.75. The number of ether oxygens (including phenoxy) is 3. The summed E-state index contributed by atoms with van der Waals surface area (Å²) in [5.74, 6) is -7.55. The molecule has 1 saturated heterocycles. The van der Waals surface area contributed by atoms with Gasteiger partial charge in [-0.15, -0.1) is 0 Å². The molecule has 1 aromatic carbocycles. The van der Waals surface area contributed by atoms with Crippen LogP contribution in [0.5, 0.6) is 11.5 Å². The second-order valence-electron chi connectivity index (χ2n) is 6.17. The maximum absolute atomic E-state index is 14.4. The number of halogens is 6. The molecular weight excluding hydrogens is 386 g/mol. The molecule has 0 radical (unpaired) electrons.